The Bertz CT molecular complexity index is 1130. The molecule has 1 atom stereocenters. The van der Waals surface area contributed by atoms with Gasteiger partial charge in [-0.2, -0.15) is 0 Å². The third-order valence-corrected chi connectivity index (χ3v) is 7.40. The van der Waals surface area contributed by atoms with Gasteiger partial charge in [0, 0.05) is 43.8 Å². The molecule has 34 heavy (non-hydrogen) atoms. The number of rotatable bonds is 10. The number of benzene rings is 2. The van der Waals surface area contributed by atoms with Crippen LogP contribution in [-0.4, -0.2) is 59.1 Å². The number of carbonyl (C=O) groups is 1. The Morgan fingerprint density at radius 1 is 1.18 bits per heavy atom. The summed E-state index contributed by atoms with van der Waals surface area (Å²) in [7, 11) is -0.929. The zero-order valence-electron chi connectivity index (χ0n) is 19.4. The molecule has 1 fully saturated rings. The third kappa shape index (κ3) is 5.91. The van der Waals surface area contributed by atoms with E-state index in [9.17, 15) is 23.3 Å². The number of ketones is 1. The molecule has 0 aliphatic carbocycles. The molecule has 1 aliphatic heterocycles. The zero-order valence-corrected chi connectivity index (χ0v) is 20.2. The molecule has 1 unspecified atom stereocenters. The number of ether oxygens (including phenoxy) is 2. The SMILES string of the molecule is COCC(C)NS(=O)(=O)c1ccc(N2CCC(C(=O)c3ccc(OC)cc3)CC2)c([N+](=O)[O-])c1. The van der Waals surface area contributed by atoms with Gasteiger partial charge in [-0.15, -0.1) is 0 Å². The van der Waals surface area contributed by atoms with Crippen LogP contribution < -0.4 is 14.4 Å². The fraction of sp³-hybridized carbons (Fsp3) is 0.435. The van der Waals surface area contributed by atoms with E-state index >= 15 is 0 Å². The highest BCUT2D eigenvalue weighted by molar-refractivity contribution is 7.89. The Kier molecular flexibility index (Phi) is 8.24. The molecule has 11 heteroatoms. The van der Waals surface area contributed by atoms with Gasteiger partial charge in [0.1, 0.15) is 11.4 Å². The van der Waals surface area contributed by atoms with Gasteiger partial charge in [0.25, 0.3) is 5.69 Å². The quantitative estimate of drug-likeness (QED) is 0.305. The number of hydrogen-bond donors (Lipinski definition) is 1. The molecule has 1 aliphatic rings. The average molecular weight is 492 g/mol. The van der Waals surface area contributed by atoms with E-state index in [2.05, 4.69) is 4.72 Å². The van der Waals surface area contributed by atoms with Crippen molar-refractivity contribution in [3.8, 4) is 5.75 Å². The highest BCUT2D eigenvalue weighted by Gasteiger charge is 2.30. The maximum atomic E-state index is 12.9. The summed E-state index contributed by atoms with van der Waals surface area (Å²) in [5.74, 6) is 0.525. The molecule has 0 aromatic heterocycles. The summed E-state index contributed by atoms with van der Waals surface area (Å²) in [5.41, 5.74) is 0.654. The lowest BCUT2D eigenvalue weighted by Gasteiger charge is -2.32. The van der Waals surface area contributed by atoms with Crippen molar-refractivity contribution in [1.29, 1.82) is 0 Å². The number of sulfonamides is 1. The van der Waals surface area contributed by atoms with E-state index < -0.39 is 21.0 Å². The summed E-state index contributed by atoms with van der Waals surface area (Å²) < 4.78 is 37.8. The van der Waals surface area contributed by atoms with Crippen LogP contribution in [0.2, 0.25) is 0 Å². The zero-order chi connectivity index (χ0) is 24.9. The maximum absolute atomic E-state index is 12.9. The molecule has 2 aromatic carbocycles. The predicted octanol–water partition coefficient (Wildman–Crippen LogP) is 3.02. The van der Waals surface area contributed by atoms with Crippen molar-refractivity contribution in [2.45, 2.75) is 30.7 Å². The van der Waals surface area contributed by atoms with Gasteiger partial charge < -0.3 is 14.4 Å². The number of nitrogens with one attached hydrogen (secondary N) is 1. The van der Waals surface area contributed by atoms with Crippen molar-refractivity contribution in [3.63, 3.8) is 0 Å². The first kappa shape index (κ1) is 25.6. The van der Waals surface area contributed by atoms with Gasteiger partial charge in [-0.05, 0) is 56.2 Å². The highest BCUT2D eigenvalue weighted by Crippen LogP contribution is 2.34. The minimum absolute atomic E-state index is 0.0366. The lowest BCUT2D eigenvalue weighted by Crippen LogP contribution is -2.37. The molecular formula is C23H29N3O7S. The number of nitro groups is 1. The lowest BCUT2D eigenvalue weighted by molar-refractivity contribution is -0.384. The first-order chi connectivity index (χ1) is 16.2. The second kappa shape index (κ2) is 10.9. The molecule has 2 aromatic rings. The second-order valence-corrected chi connectivity index (χ2v) is 9.95. The number of carbonyl (C=O) groups excluding carboxylic acids is 1. The van der Waals surface area contributed by atoms with Gasteiger partial charge in [-0.1, -0.05) is 0 Å². The molecule has 0 spiro atoms. The summed E-state index contributed by atoms with van der Waals surface area (Å²) >= 11 is 0. The van der Waals surface area contributed by atoms with Crippen LogP contribution in [0.5, 0.6) is 5.75 Å². The average Bonchev–Trinajstić information content (AvgIpc) is 2.83. The number of nitrogens with zero attached hydrogens (tertiary/aromatic N) is 2. The van der Waals surface area contributed by atoms with E-state index in [0.29, 0.717) is 42.9 Å². The van der Waals surface area contributed by atoms with Gasteiger partial charge in [0.2, 0.25) is 10.0 Å². The molecule has 0 radical (unpaired) electrons. The number of piperidine rings is 1. The van der Waals surface area contributed by atoms with E-state index in [1.165, 1.54) is 19.2 Å². The predicted molar refractivity (Wildman–Crippen MR) is 127 cm³/mol. The molecule has 1 N–H and O–H groups in total. The Labute approximate surface area is 199 Å². The molecule has 0 bridgehead atoms. The number of methoxy groups -OCH3 is 2. The lowest BCUT2D eigenvalue weighted by atomic mass is 9.88. The third-order valence-electron chi connectivity index (χ3n) is 5.81. The maximum Gasteiger partial charge on any atom is 0.293 e. The smallest absolute Gasteiger partial charge is 0.293 e. The second-order valence-electron chi connectivity index (χ2n) is 8.24. The molecule has 1 saturated heterocycles. The fourth-order valence-electron chi connectivity index (χ4n) is 4.07. The van der Waals surface area contributed by atoms with E-state index in [1.807, 2.05) is 4.90 Å². The summed E-state index contributed by atoms with van der Waals surface area (Å²) in [4.78, 5) is 25.7. The minimum Gasteiger partial charge on any atom is -0.497 e. The number of hydrogen-bond acceptors (Lipinski definition) is 8. The van der Waals surface area contributed by atoms with Gasteiger partial charge >= 0.3 is 0 Å². The molecule has 1 heterocycles. The monoisotopic (exact) mass is 491 g/mol. The Hall–Kier alpha value is -3.02. The molecular weight excluding hydrogens is 462 g/mol. The van der Waals surface area contributed by atoms with Crippen LogP contribution in [0.25, 0.3) is 0 Å². The van der Waals surface area contributed by atoms with Gasteiger partial charge in [0.05, 0.1) is 23.5 Å². The number of nitro benzene ring substituents is 1. The number of Topliss-reactive ketones (excluding diaryl/α,β-unsaturated/α-hetero) is 1. The summed E-state index contributed by atoms with van der Waals surface area (Å²) in [5, 5.41) is 11.8. The van der Waals surface area contributed by atoms with E-state index in [4.69, 9.17) is 9.47 Å². The highest BCUT2D eigenvalue weighted by atomic mass is 32.2. The van der Waals surface area contributed by atoms with Crippen molar-refractivity contribution in [2.75, 3.05) is 38.8 Å². The van der Waals surface area contributed by atoms with E-state index in [1.54, 1.807) is 38.3 Å². The summed E-state index contributed by atoms with van der Waals surface area (Å²) in [6.07, 6.45) is 1.08. The van der Waals surface area contributed by atoms with E-state index in [-0.39, 0.29) is 28.9 Å². The topological polar surface area (TPSA) is 128 Å². The molecule has 0 amide bonds. The first-order valence-corrected chi connectivity index (χ1v) is 12.4. The van der Waals surface area contributed by atoms with Crippen molar-refractivity contribution in [3.05, 3.63) is 58.1 Å². The minimum atomic E-state index is -3.95. The van der Waals surface area contributed by atoms with Crippen LogP contribution in [0.4, 0.5) is 11.4 Å². The summed E-state index contributed by atoms with van der Waals surface area (Å²) in [6, 6.07) is 10.4. The molecule has 184 valence electrons. The molecule has 0 saturated carbocycles. The van der Waals surface area contributed by atoms with E-state index in [0.717, 1.165) is 6.07 Å². The van der Waals surface area contributed by atoms with Crippen LogP contribution in [0, 0.1) is 16.0 Å². The normalized spacial score (nSPS) is 15.7. The van der Waals surface area contributed by atoms with Gasteiger partial charge in [-0.25, -0.2) is 13.1 Å². The fourth-order valence-corrected chi connectivity index (χ4v) is 5.32. The van der Waals surface area contributed by atoms with Gasteiger partial charge in [-0.3, -0.25) is 14.9 Å². The van der Waals surface area contributed by atoms with Crippen molar-refractivity contribution < 1.29 is 27.6 Å². The Morgan fingerprint density at radius 3 is 2.38 bits per heavy atom. The van der Waals surface area contributed by atoms with Crippen LogP contribution in [0.1, 0.15) is 30.1 Å². The van der Waals surface area contributed by atoms with Crippen LogP contribution >= 0.6 is 0 Å². The van der Waals surface area contributed by atoms with Crippen LogP contribution in [0.3, 0.4) is 0 Å². The molecule has 10 nitrogen and oxygen atoms in total. The van der Waals surface area contributed by atoms with Crippen molar-refractivity contribution >= 4 is 27.2 Å². The Morgan fingerprint density at radius 2 is 1.82 bits per heavy atom. The molecule has 3 rings (SSSR count). The summed E-state index contributed by atoms with van der Waals surface area (Å²) in [6.45, 7) is 2.70. The van der Waals surface area contributed by atoms with Crippen LogP contribution in [-0.2, 0) is 14.8 Å². The van der Waals surface area contributed by atoms with Crippen molar-refractivity contribution in [2.24, 2.45) is 5.92 Å². The number of anilines is 1. The van der Waals surface area contributed by atoms with Crippen LogP contribution in [0.15, 0.2) is 47.4 Å². The largest absolute Gasteiger partial charge is 0.497 e. The van der Waals surface area contributed by atoms with Crippen molar-refractivity contribution in [1.82, 2.24) is 4.72 Å². The first-order valence-electron chi connectivity index (χ1n) is 10.9. The Balaban J connectivity index is 1.74. The van der Waals surface area contributed by atoms with Gasteiger partial charge in [0.15, 0.2) is 5.78 Å². The standard InChI is InChI=1S/C23H29N3O7S/c1-16(15-32-2)24-34(30,31)20-8-9-21(22(14-20)26(28)29)25-12-10-18(11-13-25)23(27)17-4-6-19(33-3)7-5-17/h4-9,14,16,18,24H,10-13,15H2,1-3H3.